The van der Waals surface area contributed by atoms with Gasteiger partial charge in [-0.05, 0) is 57.0 Å². The molecule has 338 valence electrons. The number of carbonyl (C=O) groups excluding carboxylic acids is 3. The monoisotopic (exact) mass is 879 g/mol. The number of unbranched alkanes of at least 4 members (excludes halogenated alkanes) is 1. The topological polar surface area (TPSA) is 304 Å². The first kappa shape index (κ1) is 46.1. The lowest BCUT2D eigenvalue weighted by Gasteiger charge is -2.26. The molecule has 4 heterocycles. The van der Waals surface area contributed by atoms with Crippen LogP contribution in [0.2, 0.25) is 0 Å². The number of hydrogen-bond donors (Lipinski definition) is 6. The van der Waals surface area contributed by atoms with Crippen molar-refractivity contribution in [2.45, 2.75) is 77.6 Å². The Hall–Kier alpha value is -7.42. The van der Waals surface area contributed by atoms with Crippen LogP contribution in [0.5, 0.6) is 0 Å². The van der Waals surface area contributed by atoms with Gasteiger partial charge in [0, 0.05) is 43.1 Å². The molecule has 0 saturated carbocycles. The van der Waals surface area contributed by atoms with Gasteiger partial charge in [0.2, 0.25) is 11.9 Å². The average Bonchev–Trinajstić information content (AvgIpc) is 3.61. The van der Waals surface area contributed by atoms with Gasteiger partial charge >= 0.3 is 12.1 Å². The third kappa shape index (κ3) is 11.7. The molecule has 2 amide bonds. The Kier molecular flexibility index (Phi) is 14.9. The van der Waals surface area contributed by atoms with Crippen molar-refractivity contribution in [1.82, 2.24) is 45.1 Å². The number of carboxylic acids is 1. The first-order valence-corrected chi connectivity index (χ1v) is 20.8. The quantitative estimate of drug-likeness (QED) is 0.0443. The summed E-state index contributed by atoms with van der Waals surface area (Å²) in [6.07, 6.45) is 2.99. The molecule has 6 rings (SSSR count). The number of ether oxygens (including phenoxy) is 3. The summed E-state index contributed by atoms with van der Waals surface area (Å²) in [5.41, 5.74) is 21.3. The number of hydrogen-bond acceptors (Lipinski definition) is 17. The van der Waals surface area contributed by atoms with E-state index in [9.17, 15) is 24.3 Å². The van der Waals surface area contributed by atoms with Crippen molar-refractivity contribution in [1.29, 1.82) is 0 Å². The van der Waals surface area contributed by atoms with Gasteiger partial charge in [-0.1, -0.05) is 31.5 Å². The van der Waals surface area contributed by atoms with Crippen molar-refractivity contribution in [2.75, 3.05) is 55.5 Å². The van der Waals surface area contributed by atoms with Crippen molar-refractivity contribution in [2.24, 2.45) is 0 Å². The number of para-hydroxylation sites is 1. The minimum Gasteiger partial charge on any atom is -0.480 e. The molecule has 0 fully saturated rings. The number of nitrogens with zero attached hydrogens (tertiary/aromatic N) is 8. The SMILES string of the molecule is CCCCc1nc2c(N)nc3ccccc3c2n1CC(C)(C)OC(=O)OCCOCCNC(=O)CCC(NC(=O)c1ccc(N(C)Cc2cnc3nc(N)nc(N)c3n2)cc1)C(=O)O. The molecule has 0 aliphatic heterocycles. The number of nitrogen functional groups attached to an aromatic ring is 3. The number of anilines is 4. The van der Waals surface area contributed by atoms with Crippen molar-refractivity contribution in [3.8, 4) is 0 Å². The molecule has 2 aromatic carbocycles. The summed E-state index contributed by atoms with van der Waals surface area (Å²) in [4.78, 5) is 78.1. The fraction of sp³-hybridized carbons (Fsp3) is 0.395. The zero-order chi connectivity index (χ0) is 46.0. The molecule has 21 heteroatoms. The fourth-order valence-corrected chi connectivity index (χ4v) is 6.94. The van der Waals surface area contributed by atoms with Crippen LogP contribution >= 0.6 is 0 Å². The maximum Gasteiger partial charge on any atom is 0.508 e. The summed E-state index contributed by atoms with van der Waals surface area (Å²) in [5, 5.41) is 15.8. The Morgan fingerprint density at radius 2 is 1.67 bits per heavy atom. The number of imidazole rings is 1. The van der Waals surface area contributed by atoms with Crippen LogP contribution in [0.15, 0.2) is 54.7 Å². The lowest BCUT2D eigenvalue weighted by Crippen LogP contribution is -2.41. The number of nitrogens with two attached hydrogens (primary N) is 3. The Bertz CT molecular complexity index is 2640. The molecule has 1 unspecified atom stereocenters. The molecule has 0 spiro atoms. The van der Waals surface area contributed by atoms with Crippen LogP contribution in [0, 0.1) is 0 Å². The van der Waals surface area contributed by atoms with E-state index in [1.54, 1.807) is 44.3 Å². The number of rotatable bonds is 21. The van der Waals surface area contributed by atoms with Crippen LogP contribution in [-0.2, 0) is 43.3 Å². The fourth-order valence-electron chi connectivity index (χ4n) is 6.94. The average molecular weight is 880 g/mol. The summed E-state index contributed by atoms with van der Waals surface area (Å²) in [7, 11) is 1.82. The summed E-state index contributed by atoms with van der Waals surface area (Å²) in [6, 6.07) is 12.9. The zero-order valence-corrected chi connectivity index (χ0v) is 36.2. The second-order valence-electron chi connectivity index (χ2n) is 15.7. The van der Waals surface area contributed by atoms with Gasteiger partial charge in [-0.3, -0.25) is 9.59 Å². The Balaban J connectivity index is 0.886. The third-order valence-corrected chi connectivity index (χ3v) is 10.1. The van der Waals surface area contributed by atoms with Gasteiger partial charge in [0.05, 0.1) is 49.2 Å². The molecule has 0 bridgehead atoms. The van der Waals surface area contributed by atoms with Gasteiger partial charge in [0.25, 0.3) is 5.91 Å². The van der Waals surface area contributed by atoms with Crippen LogP contribution in [0.25, 0.3) is 33.1 Å². The smallest absolute Gasteiger partial charge is 0.480 e. The minimum absolute atomic E-state index is 0.00242. The molecule has 64 heavy (non-hydrogen) atoms. The number of nitrogens with one attached hydrogen (secondary N) is 2. The highest BCUT2D eigenvalue weighted by atomic mass is 16.7. The highest BCUT2D eigenvalue weighted by Gasteiger charge is 2.29. The van der Waals surface area contributed by atoms with Crippen LogP contribution < -0.4 is 32.7 Å². The Labute approximate surface area is 368 Å². The number of carboxylic acid groups (broad SMARTS) is 1. The van der Waals surface area contributed by atoms with Crippen molar-refractivity contribution < 1.29 is 38.5 Å². The molecule has 1 atom stereocenters. The molecule has 9 N–H and O–H groups in total. The summed E-state index contributed by atoms with van der Waals surface area (Å²) < 4.78 is 18.5. The first-order valence-electron chi connectivity index (χ1n) is 20.8. The molecule has 4 aromatic heterocycles. The van der Waals surface area contributed by atoms with Crippen LogP contribution in [0.3, 0.4) is 0 Å². The molecule has 0 saturated heterocycles. The van der Waals surface area contributed by atoms with E-state index in [0.29, 0.717) is 42.1 Å². The van der Waals surface area contributed by atoms with Crippen molar-refractivity contribution in [3.63, 3.8) is 0 Å². The molecule has 0 aliphatic carbocycles. The zero-order valence-electron chi connectivity index (χ0n) is 36.2. The molecule has 0 aliphatic rings. The number of fused-ring (bicyclic) bond motifs is 4. The first-order chi connectivity index (χ1) is 30.6. The van der Waals surface area contributed by atoms with E-state index in [1.165, 1.54) is 0 Å². The summed E-state index contributed by atoms with van der Waals surface area (Å²) >= 11 is 0. The van der Waals surface area contributed by atoms with Gasteiger partial charge in [0.1, 0.15) is 29.6 Å². The Morgan fingerprint density at radius 1 is 0.922 bits per heavy atom. The van der Waals surface area contributed by atoms with E-state index in [-0.39, 0.29) is 62.2 Å². The van der Waals surface area contributed by atoms with Gasteiger partial charge in [-0.2, -0.15) is 9.97 Å². The van der Waals surface area contributed by atoms with Gasteiger partial charge in [0.15, 0.2) is 22.8 Å². The molecular formula is C43H53N13O8. The second kappa shape index (κ2) is 20.6. The van der Waals surface area contributed by atoms with Gasteiger partial charge < -0.3 is 56.6 Å². The summed E-state index contributed by atoms with van der Waals surface area (Å²) in [5.74, 6) is -1.03. The lowest BCUT2D eigenvalue weighted by atomic mass is 10.1. The van der Waals surface area contributed by atoms with E-state index in [1.807, 2.05) is 40.8 Å². The standard InChI is InChI=1S/C43H53N13O8/c1-5-6-11-31-52-33-35(28-9-7-8-10-29(28)50-36(33)44)56(31)24-43(2,3)64-42(61)63-21-20-62-19-18-47-32(57)17-16-30(40(59)60)51-39(58)25-12-14-27(15-13-25)55(4)23-26-22-48-38-34(49-26)37(45)53-41(46)54-38/h7-10,12-15,22,30H,5-6,11,16-21,23-24H2,1-4H3,(H2,44,50)(H,47,57)(H,51,58)(H,59,60)(H4,45,46,48,53,54). The normalized spacial score (nSPS) is 12.0. The number of pyridine rings is 1. The van der Waals surface area contributed by atoms with E-state index in [4.69, 9.17) is 36.4 Å². The molecule has 0 radical (unpaired) electrons. The number of benzene rings is 2. The maximum atomic E-state index is 13.0. The van der Waals surface area contributed by atoms with E-state index < -0.39 is 35.6 Å². The molecule has 21 nitrogen and oxygen atoms in total. The van der Waals surface area contributed by atoms with E-state index in [0.717, 1.165) is 40.8 Å². The van der Waals surface area contributed by atoms with Crippen molar-refractivity contribution >= 4 is 80.3 Å². The van der Waals surface area contributed by atoms with E-state index in [2.05, 4.69) is 42.5 Å². The minimum atomic E-state index is -1.31. The third-order valence-electron chi connectivity index (χ3n) is 10.1. The number of aliphatic carboxylic acids is 1. The number of aromatic nitrogens is 7. The van der Waals surface area contributed by atoms with Crippen LogP contribution in [0.1, 0.15) is 68.3 Å². The number of aryl methyl sites for hydroxylation is 1. The largest absolute Gasteiger partial charge is 0.508 e. The maximum absolute atomic E-state index is 13.0. The highest BCUT2D eigenvalue weighted by molar-refractivity contribution is 6.06. The number of amides is 2. The van der Waals surface area contributed by atoms with Crippen LogP contribution in [-0.4, -0.2) is 109 Å². The van der Waals surface area contributed by atoms with E-state index >= 15 is 0 Å². The predicted molar refractivity (Wildman–Crippen MR) is 239 cm³/mol. The van der Waals surface area contributed by atoms with Crippen LogP contribution in [0.4, 0.5) is 28.1 Å². The second-order valence-corrected chi connectivity index (χ2v) is 15.7. The Morgan fingerprint density at radius 3 is 2.42 bits per heavy atom. The molecular weight excluding hydrogens is 827 g/mol. The summed E-state index contributed by atoms with van der Waals surface area (Å²) in [6.45, 7) is 6.51. The lowest BCUT2D eigenvalue weighted by molar-refractivity contribution is -0.139. The van der Waals surface area contributed by atoms with Crippen molar-refractivity contribution in [3.05, 3.63) is 71.8 Å². The molecule has 6 aromatic rings. The van der Waals surface area contributed by atoms with Gasteiger partial charge in [-0.15, -0.1) is 0 Å². The predicted octanol–water partition coefficient (Wildman–Crippen LogP) is 3.77. The highest BCUT2D eigenvalue weighted by Crippen LogP contribution is 2.31. The van der Waals surface area contributed by atoms with Gasteiger partial charge in [-0.25, -0.2) is 29.5 Å². The number of carbonyl (C=O) groups is 4.